The number of aliphatic hydroxyl groups is 2. The Kier molecular flexibility index (Phi) is 1.29. The Balaban J connectivity index is 2.14. The van der Waals surface area contributed by atoms with E-state index in [0.29, 0.717) is 11.8 Å². The summed E-state index contributed by atoms with van der Waals surface area (Å²) in [5.41, 5.74) is -0.692. The van der Waals surface area contributed by atoms with Crippen LogP contribution in [0.1, 0.15) is 25.7 Å². The first-order chi connectivity index (χ1) is 4.74. The molecule has 2 heteroatoms. The van der Waals surface area contributed by atoms with Gasteiger partial charge in [-0.2, -0.15) is 0 Å². The molecule has 2 aliphatic carbocycles. The molecule has 0 amide bonds. The summed E-state index contributed by atoms with van der Waals surface area (Å²) in [5, 5.41) is 18.6. The van der Waals surface area contributed by atoms with Crippen LogP contribution in [0.5, 0.6) is 0 Å². The van der Waals surface area contributed by atoms with Crippen molar-refractivity contribution < 1.29 is 10.2 Å². The topological polar surface area (TPSA) is 40.5 Å². The summed E-state index contributed by atoms with van der Waals surface area (Å²) in [5.74, 6) is 1.12. The molecule has 0 spiro atoms. The fourth-order valence-corrected chi connectivity index (χ4v) is 2.61. The van der Waals surface area contributed by atoms with Crippen LogP contribution in [0.3, 0.4) is 0 Å². The minimum atomic E-state index is -0.692. The van der Waals surface area contributed by atoms with Gasteiger partial charge >= 0.3 is 0 Å². The van der Waals surface area contributed by atoms with Gasteiger partial charge in [-0.15, -0.1) is 0 Å². The van der Waals surface area contributed by atoms with E-state index < -0.39 is 5.60 Å². The van der Waals surface area contributed by atoms with E-state index in [9.17, 15) is 5.11 Å². The zero-order chi connectivity index (χ0) is 7.19. The number of hydrogen-bond donors (Lipinski definition) is 2. The van der Waals surface area contributed by atoms with Gasteiger partial charge in [-0.1, -0.05) is 0 Å². The molecule has 0 heterocycles. The molecule has 2 aliphatic rings. The van der Waals surface area contributed by atoms with E-state index in [2.05, 4.69) is 0 Å². The predicted molar refractivity (Wildman–Crippen MR) is 37.5 cm³/mol. The first-order valence-electron chi connectivity index (χ1n) is 4.08. The van der Waals surface area contributed by atoms with Crippen molar-refractivity contribution >= 4 is 0 Å². The predicted octanol–water partition coefficient (Wildman–Crippen LogP) is 0.530. The standard InChI is InChI=1S/C8H14O2/c9-5-8(10)4-6-1-2-7(8)3-6/h6-7,9-10H,1-5H2/t6-,7-,8-/m0/s1. The van der Waals surface area contributed by atoms with Gasteiger partial charge in [0, 0.05) is 0 Å². The van der Waals surface area contributed by atoms with Gasteiger partial charge in [-0.3, -0.25) is 0 Å². The molecule has 58 valence electrons. The largest absolute Gasteiger partial charge is 0.393 e. The van der Waals surface area contributed by atoms with Gasteiger partial charge in [0.25, 0.3) is 0 Å². The van der Waals surface area contributed by atoms with Gasteiger partial charge in [-0.05, 0) is 37.5 Å². The first-order valence-corrected chi connectivity index (χ1v) is 4.08. The Hall–Kier alpha value is -0.0800. The molecule has 0 radical (unpaired) electrons. The lowest BCUT2D eigenvalue weighted by Gasteiger charge is -2.29. The van der Waals surface area contributed by atoms with E-state index in [1.54, 1.807) is 0 Å². The van der Waals surface area contributed by atoms with Gasteiger partial charge < -0.3 is 10.2 Å². The van der Waals surface area contributed by atoms with Crippen molar-refractivity contribution in [2.45, 2.75) is 31.3 Å². The average molecular weight is 142 g/mol. The number of hydrogen-bond acceptors (Lipinski definition) is 2. The van der Waals surface area contributed by atoms with Crippen molar-refractivity contribution in [3.05, 3.63) is 0 Å². The SMILES string of the molecule is OC[C@@]1(O)C[C@H]2CC[C@H]1C2. The van der Waals surface area contributed by atoms with Crippen molar-refractivity contribution in [1.82, 2.24) is 0 Å². The van der Waals surface area contributed by atoms with E-state index >= 15 is 0 Å². The van der Waals surface area contributed by atoms with Crippen LogP contribution in [0.4, 0.5) is 0 Å². The molecule has 2 N–H and O–H groups in total. The highest BCUT2D eigenvalue weighted by Gasteiger charge is 2.49. The molecule has 3 atom stereocenters. The zero-order valence-corrected chi connectivity index (χ0v) is 6.08. The number of rotatable bonds is 1. The quantitative estimate of drug-likeness (QED) is 0.560. The highest BCUT2D eigenvalue weighted by Crippen LogP contribution is 2.50. The monoisotopic (exact) mass is 142 g/mol. The first kappa shape index (κ1) is 6.62. The van der Waals surface area contributed by atoms with Crippen LogP contribution in [-0.4, -0.2) is 22.4 Å². The molecule has 0 aliphatic heterocycles. The van der Waals surface area contributed by atoms with Crippen LogP contribution in [0.15, 0.2) is 0 Å². The molecule has 0 aromatic rings. The lowest BCUT2D eigenvalue weighted by molar-refractivity contribution is -0.0565. The molecular formula is C8H14O2. The summed E-state index contributed by atoms with van der Waals surface area (Å²) < 4.78 is 0. The molecule has 2 bridgehead atoms. The van der Waals surface area contributed by atoms with Crippen molar-refractivity contribution in [2.24, 2.45) is 11.8 Å². The Morgan fingerprint density at radius 1 is 1.40 bits per heavy atom. The molecule has 10 heavy (non-hydrogen) atoms. The smallest absolute Gasteiger partial charge is 0.0908 e. The molecule has 0 aromatic heterocycles. The van der Waals surface area contributed by atoms with E-state index in [0.717, 1.165) is 19.3 Å². The van der Waals surface area contributed by atoms with E-state index in [4.69, 9.17) is 5.11 Å². The van der Waals surface area contributed by atoms with E-state index in [-0.39, 0.29) is 6.61 Å². The highest BCUT2D eigenvalue weighted by atomic mass is 16.3. The second kappa shape index (κ2) is 1.95. The van der Waals surface area contributed by atoms with Gasteiger partial charge in [-0.25, -0.2) is 0 Å². The zero-order valence-electron chi connectivity index (χ0n) is 6.08. The Morgan fingerprint density at radius 3 is 2.50 bits per heavy atom. The lowest BCUT2D eigenvalue weighted by Crippen LogP contribution is -2.38. The molecule has 0 unspecified atom stereocenters. The molecule has 0 saturated heterocycles. The van der Waals surface area contributed by atoms with Crippen LogP contribution in [0, 0.1) is 11.8 Å². The molecule has 0 aromatic carbocycles. The van der Waals surface area contributed by atoms with Crippen LogP contribution in [0.25, 0.3) is 0 Å². The summed E-state index contributed by atoms with van der Waals surface area (Å²) in [6.07, 6.45) is 4.39. The summed E-state index contributed by atoms with van der Waals surface area (Å²) in [4.78, 5) is 0. The molecule has 2 rings (SSSR count). The van der Waals surface area contributed by atoms with Gasteiger partial charge in [0.05, 0.1) is 12.2 Å². The molecular weight excluding hydrogens is 128 g/mol. The maximum absolute atomic E-state index is 9.74. The Morgan fingerprint density at radius 2 is 2.20 bits per heavy atom. The summed E-state index contributed by atoms with van der Waals surface area (Å²) in [7, 11) is 0. The van der Waals surface area contributed by atoms with Gasteiger partial charge in [0.1, 0.15) is 0 Å². The third-order valence-electron chi connectivity index (χ3n) is 3.22. The van der Waals surface area contributed by atoms with Crippen molar-refractivity contribution in [2.75, 3.05) is 6.61 Å². The van der Waals surface area contributed by atoms with E-state index in [1.807, 2.05) is 0 Å². The van der Waals surface area contributed by atoms with Gasteiger partial charge in [0.2, 0.25) is 0 Å². The second-order valence-electron chi connectivity index (χ2n) is 3.84. The fourth-order valence-electron chi connectivity index (χ4n) is 2.61. The lowest BCUT2D eigenvalue weighted by atomic mass is 9.85. The van der Waals surface area contributed by atoms with Crippen LogP contribution < -0.4 is 0 Å². The maximum atomic E-state index is 9.74. The van der Waals surface area contributed by atoms with Crippen LogP contribution in [0.2, 0.25) is 0 Å². The third-order valence-corrected chi connectivity index (χ3v) is 3.22. The Bertz CT molecular complexity index is 146. The van der Waals surface area contributed by atoms with Crippen molar-refractivity contribution in [3.63, 3.8) is 0 Å². The van der Waals surface area contributed by atoms with Crippen LogP contribution >= 0.6 is 0 Å². The van der Waals surface area contributed by atoms with Crippen molar-refractivity contribution in [1.29, 1.82) is 0 Å². The summed E-state index contributed by atoms with van der Waals surface area (Å²) in [6.45, 7) is -0.0336. The number of fused-ring (bicyclic) bond motifs is 2. The minimum Gasteiger partial charge on any atom is -0.393 e. The second-order valence-corrected chi connectivity index (χ2v) is 3.84. The Labute approximate surface area is 60.9 Å². The molecule has 2 saturated carbocycles. The number of aliphatic hydroxyl groups excluding tert-OH is 1. The van der Waals surface area contributed by atoms with E-state index in [1.165, 1.54) is 6.42 Å². The normalized spacial score (nSPS) is 52.2. The molecule has 2 fully saturated rings. The minimum absolute atomic E-state index is 0.0336. The third kappa shape index (κ3) is 0.722. The highest BCUT2D eigenvalue weighted by molar-refractivity contribution is 5.00. The summed E-state index contributed by atoms with van der Waals surface area (Å²) >= 11 is 0. The maximum Gasteiger partial charge on any atom is 0.0908 e. The van der Waals surface area contributed by atoms with Crippen LogP contribution in [-0.2, 0) is 0 Å². The molecule has 2 nitrogen and oxygen atoms in total. The fraction of sp³-hybridized carbons (Fsp3) is 1.00. The summed E-state index contributed by atoms with van der Waals surface area (Å²) in [6, 6.07) is 0. The van der Waals surface area contributed by atoms with Crippen molar-refractivity contribution in [3.8, 4) is 0 Å². The average Bonchev–Trinajstić information content (AvgIpc) is 2.46. The van der Waals surface area contributed by atoms with Gasteiger partial charge in [0.15, 0.2) is 0 Å².